The second kappa shape index (κ2) is 16.6. The molecule has 0 saturated carbocycles. The Morgan fingerprint density at radius 2 is 0.727 bits per heavy atom. The van der Waals surface area contributed by atoms with Gasteiger partial charge >= 0.3 is 0 Å². The van der Waals surface area contributed by atoms with Crippen LogP contribution >= 0.6 is 15.3 Å². The molecule has 0 unspecified atom stereocenters. The first-order valence-corrected chi connectivity index (χ1v) is 15.2. The van der Waals surface area contributed by atoms with E-state index >= 15 is 0 Å². The average Bonchev–Trinajstić information content (AvgIpc) is 2.52. The summed E-state index contributed by atoms with van der Waals surface area (Å²) < 4.78 is 0. The lowest BCUT2D eigenvalue weighted by Crippen LogP contribution is -2.25. The van der Waals surface area contributed by atoms with Crippen molar-refractivity contribution in [1.82, 2.24) is 0 Å². The molecule has 134 valence electrons. The first-order chi connectivity index (χ1) is 10.7. The van der Waals surface area contributed by atoms with Gasteiger partial charge in [-0.3, -0.25) is 0 Å². The van der Waals surface area contributed by atoms with Crippen LogP contribution in [0.1, 0.15) is 111 Å². The molecule has 0 aromatic rings. The van der Waals surface area contributed by atoms with Gasteiger partial charge in [0.15, 0.2) is 0 Å². The predicted molar refractivity (Wildman–Crippen MR) is 111 cm³/mol. The Bertz CT molecular complexity index is 206. The summed E-state index contributed by atoms with van der Waals surface area (Å²) in [5, 5.41) is 0. The lowest BCUT2D eigenvalue weighted by atomic mass is 10.1. The van der Waals surface area contributed by atoms with Gasteiger partial charge in [-0.25, -0.2) is 0 Å². The number of halogens is 1. The van der Waals surface area contributed by atoms with Gasteiger partial charge in [0.1, 0.15) is 6.69 Å². The van der Waals surface area contributed by atoms with Crippen LogP contribution in [0.15, 0.2) is 0 Å². The van der Waals surface area contributed by atoms with Crippen molar-refractivity contribution in [3.8, 4) is 0 Å². The summed E-state index contributed by atoms with van der Waals surface area (Å²) in [4.78, 5) is 0. The molecule has 22 heavy (non-hydrogen) atoms. The van der Waals surface area contributed by atoms with Crippen LogP contribution in [0, 0.1) is 0 Å². The summed E-state index contributed by atoms with van der Waals surface area (Å²) in [7, 11) is 0. The quantitative estimate of drug-likeness (QED) is 0.132. The number of hydrogen-bond acceptors (Lipinski definition) is 0. The molecule has 0 aromatic carbocycles. The number of hydrogen-bond donors (Lipinski definition) is 0. The van der Waals surface area contributed by atoms with Crippen LogP contribution in [0.5, 0.6) is 0 Å². The molecular formula is C20H43BrSi. The van der Waals surface area contributed by atoms with E-state index in [9.17, 15) is 0 Å². The minimum Gasteiger partial charge on any atom is -0.126 e. The van der Waals surface area contributed by atoms with E-state index in [2.05, 4.69) is 36.1 Å². The fourth-order valence-corrected chi connectivity index (χ4v) is 9.26. The third-order valence-electron chi connectivity index (χ3n) is 4.94. The third kappa shape index (κ3) is 14.3. The van der Waals surface area contributed by atoms with Crippen molar-refractivity contribution in [1.29, 1.82) is 0 Å². The maximum Gasteiger partial charge on any atom is 0.130 e. The van der Waals surface area contributed by atoms with Crippen molar-refractivity contribution in [2.45, 2.75) is 129 Å². The number of unbranched alkanes of at least 4 members (excludes halogenated alkanes) is 11. The Hall–Kier alpha value is 0.697. The molecule has 0 bridgehead atoms. The molecule has 0 saturated heterocycles. The molecule has 0 rings (SSSR count). The zero-order chi connectivity index (χ0) is 16.5. The van der Waals surface area contributed by atoms with Crippen molar-refractivity contribution < 1.29 is 0 Å². The summed E-state index contributed by atoms with van der Waals surface area (Å²) in [6.07, 6.45) is 20.2. The SMILES string of the molecule is CCCCCCCC[Si](Br)(CCCCCC)CCCCCC. The van der Waals surface area contributed by atoms with E-state index in [1.807, 2.05) is 0 Å². The van der Waals surface area contributed by atoms with Gasteiger partial charge in [-0.15, -0.1) is 15.3 Å². The van der Waals surface area contributed by atoms with E-state index < -0.39 is 6.69 Å². The largest absolute Gasteiger partial charge is 0.130 e. The normalized spacial score (nSPS) is 12.0. The van der Waals surface area contributed by atoms with E-state index in [0.29, 0.717) is 0 Å². The van der Waals surface area contributed by atoms with Gasteiger partial charge in [0.25, 0.3) is 0 Å². The lowest BCUT2D eigenvalue weighted by molar-refractivity contribution is 0.620. The lowest BCUT2D eigenvalue weighted by Gasteiger charge is -2.25. The average molecular weight is 392 g/mol. The molecule has 0 atom stereocenters. The van der Waals surface area contributed by atoms with E-state index in [1.54, 1.807) is 0 Å². The summed E-state index contributed by atoms with van der Waals surface area (Å²) in [6, 6.07) is 4.61. The molecule has 0 spiro atoms. The van der Waals surface area contributed by atoms with Crippen molar-refractivity contribution in [3.63, 3.8) is 0 Å². The van der Waals surface area contributed by atoms with Crippen LogP contribution in [-0.4, -0.2) is 6.69 Å². The van der Waals surface area contributed by atoms with E-state index in [0.717, 1.165) is 0 Å². The molecule has 0 N–H and O–H groups in total. The Morgan fingerprint density at radius 3 is 1.09 bits per heavy atom. The zero-order valence-electron chi connectivity index (χ0n) is 15.9. The van der Waals surface area contributed by atoms with Gasteiger partial charge < -0.3 is 0 Å². The molecule has 0 amide bonds. The fraction of sp³-hybridized carbons (Fsp3) is 1.00. The Labute approximate surface area is 150 Å². The minimum absolute atomic E-state index is 1.11. The van der Waals surface area contributed by atoms with E-state index in [-0.39, 0.29) is 0 Å². The Morgan fingerprint density at radius 1 is 0.455 bits per heavy atom. The van der Waals surface area contributed by atoms with Gasteiger partial charge in [0.05, 0.1) is 0 Å². The third-order valence-corrected chi connectivity index (χ3v) is 12.3. The van der Waals surface area contributed by atoms with Crippen LogP contribution in [0.4, 0.5) is 0 Å². The summed E-state index contributed by atoms with van der Waals surface area (Å²) in [6.45, 7) is 5.84. The molecule has 0 nitrogen and oxygen atoms in total. The van der Waals surface area contributed by atoms with Crippen molar-refractivity contribution in [2.75, 3.05) is 0 Å². The van der Waals surface area contributed by atoms with E-state index in [1.165, 1.54) is 108 Å². The predicted octanol–water partition coefficient (Wildman–Crippen LogP) is 8.85. The van der Waals surface area contributed by atoms with Crippen molar-refractivity contribution in [3.05, 3.63) is 0 Å². The minimum atomic E-state index is -1.11. The summed E-state index contributed by atoms with van der Waals surface area (Å²) >= 11 is 4.31. The first kappa shape index (κ1) is 22.7. The Kier molecular flexibility index (Phi) is 17.1. The van der Waals surface area contributed by atoms with Gasteiger partial charge in [-0.2, -0.15) is 0 Å². The highest BCUT2D eigenvalue weighted by Crippen LogP contribution is 2.34. The molecule has 0 heterocycles. The molecular weight excluding hydrogens is 348 g/mol. The first-order valence-electron chi connectivity index (χ1n) is 10.4. The topological polar surface area (TPSA) is 0 Å². The maximum absolute atomic E-state index is 4.31. The highest BCUT2D eigenvalue weighted by atomic mass is 79.9. The second-order valence-electron chi connectivity index (χ2n) is 7.29. The molecule has 0 radical (unpaired) electrons. The Balaban J connectivity index is 3.96. The molecule has 0 fully saturated rings. The standard InChI is InChI=1S/C20H43BrSi/c1-4-7-10-13-14-17-20-22(21,18-15-11-8-5-2)19-16-12-9-6-3/h4-20H2,1-3H3. The summed E-state index contributed by atoms with van der Waals surface area (Å²) in [5.74, 6) is 0. The van der Waals surface area contributed by atoms with Crippen molar-refractivity contribution in [2.24, 2.45) is 0 Å². The second-order valence-corrected chi connectivity index (χ2v) is 16.1. The fourth-order valence-electron chi connectivity index (χ4n) is 3.33. The van der Waals surface area contributed by atoms with Crippen molar-refractivity contribution >= 4 is 22.0 Å². The molecule has 0 aromatic heterocycles. The highest BCUT2D eigenvalue weighted by molar-refractivity contribution is 9.26. The molecule has 0 aliphatic heterocycles. The number of rotatable bonds is 17. The molecule has 0 aliphatic rings. The van der Waals surface area contributed by atoms with Crippen LogP contribution in [-0.2, 0) is 0 Å². The van der Waals surface area contributed by atoms with Crippen LogP contribution < -0.4 is 0 Å². The van der Waals surface area contributed by atoms with E-state index in [4.69, 9.17) is 0 Å². The van der Waals surface area contributed by atoms with Crippen LogP contribution in [0.2, 0.25) is 18.1 Å². The van der Waals surface area contributed by atoms with Crippen LogP contribution in [0.3, 0.4) is 0 Å². The van der Waals surface area contributed by atoms with Gasteiger partial charge in [-0.1, -0.05) is 111 Å². The summed E-state index contributed by atoms with van der Waals surface area (Å²) in [5.41, 5.74) is 0. The monoisotopic (exact) mass is 390 g/mol. The molecule has 0 aliphatic carbocycles. The van der Waals surface area contributed by atoms with Gasteiger partial charge in [0.2, 0.25) is 0 Å². The van der Waals surface area contributed by atoms with Crippen LogP contribution in [0.25, 0.3) is 0 Å². The van der Waals surface area contributed by atoms with Gasteiger partial charge in [0, 0.05) is 0 Å². The zero-order valence-corrected chi connectivity index (χ0v) is 18.5. The highest BCUT2D eigenvalue weighted by Gasteiger charge is 2.27. The maximum atomic E-state index is 4.31. The smallest absolute Gasteiger partial charge is 0.126 e. The van der Waals surface area contributed by atoms with Gasteiger partial charge in [-0.05, 0) is 18.1 Å². The molecule has 2 heteroatoms.